The van der Waals surface area contributed by atoms with Crippen LogP contribution in [0.15, 0.2) is 41.6 Å². The molecule has 0 unspecified atom stereocenters. The molecule has 2 rings (SSSR count). The smallest absolute Gasteiger partial charge is 0.200 e. The van der Waals surface area contributed by atoms with Crippen LogP contribution in [-0.2, 0) is 15.6 Å². The van der Waals surface area contributed by atoms with Crippen molar-refractivity contribution in [1.82, 2.24) is 4.98 Å². The number of hydrogen-bond donors (Lipinski definition) is 0. The largest absolute Gasteiger partial charge is 0.244 e. The average molecular weight is 275 g/mol. The standard InChI is InChI=1S/C15H17NO2S/c1-11-6-7-12(2)14(9-11)10-19(17,18)15-13(3)5-4-8-16-15/h4-9H,10H2,1-3H3. The Morgan fingerprint density at radius 1 is 1.05 bits per heavy atom. The van der Waals surface area contributed by atoms with Gasteiger partial charge in [0.15, 0.2) is 14.9 Å². The molecule has 1 heterocycles. The van der Waals surface area contributed by atoms with Crippen molar-refractivity contribution in [2.24, 2.45) is 0 Å². The van der Waals surface area contributed by atoms with Gasteiger partial charge in [0.05, 0.1) is 5.75 Å². The van der Waals surface area contributed by atoms with Crippen LogP contribution in [0.25, 0.3) is 0 Å². The maximum Gasteiger partial charge on any atom is 0.200 e. The first-order valence-electron chi connectivity index (χ1n) is 6.10. The first-order chi connectivity index (χ1) is 8.90. The molecule has 3 nitrogen and oxygen atoms in total. The van der Waals surface area contributed by atoms with E-state index in [1.54, 1.807) is 19.1 Å². The predicted molar refractivity (Wildman–Crippen MR) is 75.8 cm³/mol. The van der Waals surface area contributed by atoms with Crippen LogP contribution in [0.1, 0.15) is 22.3 Å². The maximum absolute atomic E-state index is 12.4. The van der Waals surface area contributed by atoms with Crippen molar-refractivity contribution in [1.29, 1.82) is 0 Å². The normalized spacial score (nSPS) is 11.5. The third-order valence-electron chi connectivity index (χ3n) is 3.11. The Morgan fingerprint density at radius 3 is 2.47 bits per heavy atom. The number of sulfone groups is 1. The Balaban J connectivity index is 2.43. The zero-order valence-corrected chi connectivity index (χ0v) is 12.2. The third-order valence-corrected chi connectivity index (χ3v) is 4.81. The number of aryl methyl sites for hydroxylation is 3. The van der Waals surface area contributed by atoms with Gasteiger partial charge in [-0.3, -0.25) is 0 Å². The summed E-state index contributed by atoms with van der Waals surface area (Å²) in [6.45, 7) is 5.65. The Morgan fingerprint density at radius 2 is 1.79 bits per heavy atom. The third kappa shape index (κ3) is 3.01. The second kappa shape index (κ2) is 5.13. The second-order valence-corrected chi connectivity index (χ2v) is 6.72. The van der Waals surface area contributed by atoms with Crippen LogP contribution in [0.2, 0.25) is 0 Å². The Bertz CT molecular complexity index is 706. The van der Waals surface area contributed by atoms with Gasteiger partial charge in [0, 0.05) is 6.20 Å². The molecular weight excluding hydrogens is 258 g/mol. The van der Waals surface area contributed by atoms with Gasteiger partial charge in [-0.25, -0.2) is 13.4 Å². The van der Waals surface area contributed by atoms with Gasteiger partial charge in [0.2, 0.25) is 0 Å². The van der Waals surface area contributed by atoms with E-state index in [2.05, 4.69) is 4.98 Å². The summed E-state index contributed by atoms with van der Waals surface area (Å²) in [4.78, 5) is 4.01. The summed E-state index contributed by atoms with van der Waals surface area (Å²) in [5, 5.41) is 0.177. The monoisotopic (exact) mass is 275 g/mol. The highest BCUT2D eigenvalue weighted by Gasteiger charge is 2.20. The molecular formula is C15H17NO2S. The van der Waals surface area contributed by atoms with Crippen molar-refractivity contribution in [2.45, 2.75) is 31.6 Å². The highest BCUT2D eigenvalue weighted by Crippen LogP contribution is 2.20. The van der Waals surface area contributed by atoms with Gasteiger partial charge in [0.25, 0.3) is 0 Å². The second-order valence-electron chi connectivity index (χ2n) is 4.81. The average Bonchev–Trinajstić information content (AvgIpc) is 2.34. The molecule has 0 radical (unpaired) electrons. The zero-order valence-electron chi connectivity index (χ0n) is 11.3. The molecule has 2 aromatic rings. The molecule has 0 N–H and O–H groups in total. The molecule has 0 aliphatic heterocycles. The van der Waals surface area contributed by atoms with Crippen molar-refractivity contribution >= 4 is 9.84 Å². The van der Waals surface area contributed by atoms with Crippen LogP contribution >= 0.6 is 0 Å². The van der Waals surface area contributed by atoms with Crippen LogP contribution < -0.4 is 0 Å². The minimum Gasteiger partial charge on any atom is -0.244 e. The summed E-state index contributed by atoms with van der Waals surface area (Å²) >= 11 is 0. The van der Waals surface area contributed by atoms with Crippen LogP contribution in [0.5, 0.6) is 0 Å². The molecule has 0 saturated carbocycles. The van der Waals surface area contributed by atoms with Gasteiger partial charge < -0.3 is 0 Å². The Hall–Kier alpha value is -1.68. The molecule has 0 fully saturated rings. The first-order valence-corrected chi connectivity index (χ1v) is 7.76. The molecule has 0 saturated heterocycles. The maximum atomic E-state index is 12.4. The minimum absolute atomic E-state index is 0.00162. The molecule has 0 bridgehead atoms. The fraction of sp³-hybridized carbons (Fsp3) is 0.267. The molecule has 100 valence electrons. The van der Waals surface area contributed by atoms with E-state index < -0.39 is 9.84 Å². The number of pyridine rings is 1. The fourth-order valence-corrected chi connectivity index (χ4v) is 3.66. The van der Waals surface area contributed by atoms with E-state index in [0.717, 1.165) is 16.7 Å². The van der Waals surface area contributed by atoms with E-state index in [0.29, 0.717) is 5.56 Å². The Labute approximate surface area is 114 Å². The summed E-state index contributed by atoms with van der Waals surface area (Å²) < 4.78 is 24.8. The number of rotatable bonds is 3. The lowest BCUT2D eigenvalue weighted by Crippen LogP contribution is -2.09. The molecule has 1 aromatic heterocycles. The highest BCUT2D eigenvalue weighted by atomic mass is 32.2. The van der Waals surface area contributed by atoms with E-state index in [-0.39, 0.29) is 10.8 Å². The van der Waals surface area contributed by atoms with E-state index in [1.165, 1.54) is 6.20 Å². The van der Waals surface area contributed by atoms with Crippen molar-refractivity contribution < 1.29 is 8.42 Å². The summed E-state index contributed by atoms with van der Waals surface area (Å²) in [5.74, 6) is -0.00162. The molecule has 0 aliphatic rings. The van der Waals surface area contributed by atoms with Crippen molar-refractivity contribution in [3.8, 4) is 0 Å². The van der Waals surface area contributed by atoms with Gasteiger partial charge in [-0.2, -0.15) is 0 Å². The summed E-state index contributed by atoms with van der Waals surface area (Å²) in [6, 6.07) is 9.36. The lowest BCUT2D eigenvalue weighted by Gasteiger charge is -2.09. The lowest BCUT2D eigenvalue weighted by atomic mass is 10.1. The van der Waals surface area contributed by atoms with Gasteiger partial charge >= 0.3 is 0 Å². The Kier molecular flexibility index (Phi) is 3.71. The van der Waals surface area contributed by atoms with Crippen LogP contribution in [0.4, 0.5) is 0 Å². The number of hydrogen-bond acceptors (Lipinski definition) is 3. The lowest BCUT2D eigenvalue weighted by molar-refractivity contribution is 0.590. The van der Waals surface area contributed by atoms with Crippen LogP contribution in [0.3, 0.4) is 0 Å². The molecule has 19 heavy (non-hydrogen) atoms. The SMILES string of the molecule is Cc1ccc(C)c(CS(=O)(=O)c2ncccc2C)c1. The van der Waals surface area contributed by atoms with E-state index in [9.17, 15) is 8.42 Å². The quantitative estimate of drug-likeness (QED) is 0.865. The topological polar surface area (TPSA) is 47.0 Å². The molecule has 0 aliphatic carbocycles. The van der Waals surface area contributed by atoms with Crippen LogP contribution in [0, 0.1) is 20.8 Å². The fourth-order valence-electron chi connectivity index (χ4n) is 2.03. The van der Waals surface area contributed by atoms with Crippen molar-refractivity contribution in [3.63, 3.8) is 0 Å². The van der Waals surface area contributed by atoms with Crippen molar-refractivity contribution in [2.75, 3.05) is 0 Å². The zero-order chi connectivity index (χ0) is 14.0. The summed E-state index contributed by atoms with van der Waals surface area (Å²) in [7, 11) is -3.39. The van der Waals surface area contributed by atoms with E-state index in [4.69, 9.17) is 0 Å². The molecule has 4 heteroatoms. The number of nitrogens with zero attached hydrogens (tertiary/aromatic N) is 1. The highest BCUT2D eigenvalue weighted by molar-refractivity contribution is 7.90. The first kappa shape index (κ1) is 13.7. The minimum atomic E-state index is -3.39. The van der Waals surface area contributed by atoms with E-state index in [1.807, 2.05) is 32.0 Å². The number of benzene rings is 1. The van der Waals surface area contributed by atoms with Gasteiger partial charge in [-0.1, -0.05) is 29.8 Å². The molecule has 0 amide bonds. The predicted octanol–water partition coefficient (Wildman–Crippen LogP) is 2.98. The summed E-state index contributed by atoms with van der Waals surface area (Å²) in [5.41, 5.74) is 3.58. The molecule has 0 spiro atoms. The number of aromatic nitrogens is 1. The molecule has 0 atom stereocenters. The van der Waals surface area contributed by atoms with Crippen molar-refractivity contribution in [3.05, 3.63) is 58.8 Å². The van der Waals surface area contributed by atoms with Gasteiger partial charge in [-0.05, 0) is 43.5 Å². The van der Waals surface area contributed by atoms with Crippen LogP contribution in [-0.4, -0.2) is 13.4 Å². The van der Waals surface area contributed by atoms with Gasteiger partial charge in [0.1, 0.15) is 0 Å². The molecule has 1 aromatic carbocycles. The van der Waals surface area contributed by atoms with Gasteiger partial charge in [-0.15, -0.1) is 0 Å². The summed E-state index contributed by atoms with van der Waals surface area (Å²) in [6.07, 6.45) is 1.52. The van der Waals surface area contributed by atoms with E-state index >= 15 is 0 Å².